The molecule has 0 saturated carbocycles. The van der Waals surface area contributed by atoms with Gasteiger partial charge in [-0.15, -0.1) is 0 Å². The van der Waals surface area contributed by atoms with Gasteiger partial charge in [-0.05, 0) is 49.6 Å². The minimum absolute atomic E-state index is 0.693. The van der Waals surface area contributed by atoms with Crippen molar-refractivity contribution in [1.82, 2.24) is 0 Å². The Morgan fingerprint density at radius 3 is 2.59 bits per heavy atom. The van der Waals surface area contributed by atoms with E-state index in [2.05, 4.69) is 24.0 Å². The fraction of sp³-hybridized carbons (Fsp3) is 0.455. The van der Waals surface area contributed by atoms with Crippen molar-refractivity contribution in [3.05, 3.63) is 53.1 Å². The molecule has 146 valence electrons. The second-order valence-electron chi connectivity index (χ2n) is 7.15. The van der Waals surface area contributed by atoms with Gasteiger partial charge >= 0.3 is 0 Å². The number of aryl methyl sites for hydroxylation is 1. The first-order valence-electron chi connectivity index (χ1n) is 9.78. The SMILES string of the molecule is COc1ccccc1N1CC[NH+](CCCCOc2cc(C)ccc2Cl)CC1. The summed E-state index contributed by atoms with van der Waals surface area (Å²) in [4.78, 5) is 4.11. The molecule has 4 nitrogen and oxygen atoms in total. The molecule has 0 aliphatic carbocycles. The first-order chi connectivity index (χ1) is 13.2. The minimum Gasteiger partial charge on any atom is -0.495 e. The number of hydrogen-bond acceptors (Lipinski definition) is 3. The van der Waals surface area contributed by atoms with Gasteiger partial charge < -0.3 is 19.3 Å². The number of quaternary nitrogens is 1. The van der Waals surface area contributed by atoms with E-state index in [1.807, 2.05) is 30.3 Å². The molecule has 1 aliphatic heterocycles. The molecule has 27 heavy (non-hydrogen) atoms. The molecule has 3 rings (SSSR count). The zero-order valence-corrected chi connectivity index (χ0v) is 17.1. The quantitative estimate of drug-likeness (QED) is 0.702. The van der Waals surface area contributed by atoms with Gasteiger partial charge in [0, 0.05) is 0 Å². The molecule has 0 bridgehead atoms. The number of methoxy groups -OCH3 is 1. The second kappa shape index (κ2) is 9.86. The molecule has 1 saturated heterocycles. The molecule has 1 heterocycles. The summed E-state index contributed by atoms with van der Waals surface area (Å²) < 4.78 is 11.3. The average Bonchev–Trinajstić information content (AvgIpc) is 2.70. The molecule has 2 aromatic rings. The van der Waals surface area contributed by atoms with Crippen molar-refractivity contribution in [1.29, 1.82) is 0 Å². The molecule has 2 aromatic carbocycles. The molecule has 0 unspecified atom stereocenters. The highest BCUT2D eigenvalue weighted by Gasteiger charge is 2.21. The molecular formula is C22H30ClN2O2+. The standard InChI is InChI=1S/C22H29ClN2O2/c1-18-9-10-19(23)22(17-18)27-16-6-5-11-24-12-14-25(15-13-24)20-7-3-4-8-21(20)26-2/h3-4,7-10,17H,5-6,11-16H2,1-2H3/p+1. The number of para-hydroxylation sites is 2. The third-order valence-corrected chi connectivity index (χ3v) is 5.48. The number of piperazine rings is 1. The summed E-state index contributed by atoms with van der Waals surface area (Å²) in [7, 11) is 1.74. The fourth-order valence-corrected chi connectivity index (χ4v) is 3.76. The lowest BCUT2D eigenvalue weighted by Crippen LogP contribution is -3.14. The number of nitrogens with zero attached hydrogens (tertiary/aromatic N) is 1. The predicted molar refractivity (Wildman–Crippen MR) is 112 cm³/mol. The Kier molecular flexibility index (Phi) is 7.25. The van der Waals surface area contributed by atoms with Crippen LogP contribution in [0.1, 0.15) is 18.4 Å². The molecule has 1 fully saturated rings. The lowest BCUT2D eigenvalue weighted by Gasteiger charge is -2.34. The highest BCUT2D eigenvalue weighted by atomic mass is 35.5. The van der Waals surface area contributed by atoms with E-state index in [-0.39, 0.29) is 0 Å². The van der Waals surface area contributed by atoms with Crippen molar-refractivity contribution in [3.8, 4) is 11.5 Å². The van der Waals surface area contributed by atoms with E-state index >= 15 is 0 Å². The van der Waals surface area contributed by atoms with Gasteiger partial charge in [0.15, 0.2) is 0 Å². The Morgan fingerprint density at radius 1 is 1.04 bits per heavy atom. The Balaban J connectivity index is 1.36. The lowest BCUT2D eigenvalue weighted by atomic mass is 10.2. The second-order valence-corrected chi connectivity index (χ2v) is 7.56. The predicted octanol–water partition coefficient (Wildman–Crippen LogP) is 3.22. The van der Waals surface area contributed by atoms with E-state index in [1.165, 1.54) is 37.3 Å². The number of benzene rings is 2. The summed E-state index contributed by atoms with van der Waals surface area (Å²) in [5.74, 6) is 1.77. The lowest BCUT2D eigenvalue weighted by molar-refractivity contribution is -0.900. The van der Waals surface area contributed by atoms with Gasteiger partial charge in [-0.3, -0.25) is 0 Å². The van der Waals surface area contributed by atoms with Crippen molar-refractivity contribution in [3.63, 3.8) is 0 Å². The van der Waals surface area contributed by atoms with E-state index < -0.39 is 0 Å². The van der Waals surface area contributed by atoms with Gasteiger partial charge in [0.05, 0.1) is 57.2 Å². The Bertz CT molecular complexity index is 730. The topological polar surface area (TPSA) is 26.1 Å². The summed E-state index contributed by atoms with van der Waals surface area (Å²) in [5, 5.41) is 0.693. The van der Waals surface area contributed by atoms with Crippen LogP contribution in [0.4, 0.5) is 5.69 Å². The summed E-state index contributed by atoms with van der Waals surface area (Å²) >= 11 is 6.17. The first-order valence-corrected chi connectivity index (χ1v) is 10.2. The summed E-state index contributed by atoms with van der Waals surface area (Å²) in [6.45, 7) is 8.47. The summed E-state index contributed by atoms with van der Waals surface area (Å²) in [5.41, 5.74) is 2.38. The summed E-state index contributed by atoms with van der Waals surface area (Å²) in [6, 6.07) is 14.2. The van der Waals surface area contributed by atoms with Crippen LogP contribution in [-0.4, -0.2) is 46.4 Å². The molecule has 0 spiro atoms. The molecule has 1 aliphatic rings. The highest BCUT2D eigenvalue weighted by molar-refractivity contribution is 6.32. The minimum atomic E-state index is 0.693. The number of nitrogens with one attached hydrogen (secondary N) is 1. The number of hydrogen-bond donors (Lipinski definition) is 1. The van der Waals surface area contributed by atoms with Gasteiger partial charge in [0.25, 0.3) is 0 Å². The van der Waals surface area contributed by atoms with E-state index in [1.54, 1.807) is 12.0 Å². The molecule has 0 amide bonds. The van der Waals surface area contributed by atoms with Crippen molar-refractivity contribution in [2.75, 3.05) is 51.3 Å². The van der Waals surface area contributed by atoms with Crippen LogP contribution in [0.25, 0.3) is 0 Å². The highest BCUT2D eigenvalue weighted by Crippen LogP contribution is 2.27. The molecule has 5 heteroatoms. The smallest absolute Gasteiger partial charge is 0.142 e. The van der Waals surface area contributed by atoms with Gasteiger partial charge in [0.2, 0.25) is 0 Å². The third kappa shape index (κ3) is 5.53. The van der Waals surface area contributed by atoms with Crippen molar-refractivity contribution in [2.45, 2.75) is 19.8 Å². The van der Waals surface area contributed by atoms with Crippen LogP contribution in [0.5, 0.6) is 11.5 Å². The molecule has 0 atom stereocenters. The maximum atomic E-state index is 6.17. The van der Waals surface area contributed by atoms with E-state index in [0.29, 0.717) is 5.02 Å². The van der Waals surface area contributed by atoms with Gasteiger partial charge in [0.1, 0.15) is 11.5 Å². The van der Waals surface area contributed by atoms with Crippen LogP contribution in [-0.2, 0) is 0 Å². The van der Waals surface area contributed by atoms with Crippen LogP contribution in [0.2, 0.25) is 5.02 Å². The van der Waals surface area contributed by atoms with E-state index in [4.69, 9.17) is 21.1 Å². The molecule has 1 N–H and O–H groups in total. The van der Waals surface area contributed by atoms with Gasteiger partial charge in [-0.2, -0.15) is 0 Å². The third-order valence-electron chi connectivity index (χ3n) is 5.17. The van der Waals surface area contributed by atoms with Crippen molar-refractivity contribution < 1.29 is 14.4 Å². The van der Waals surface area contributed by atoms with Crippen LogP contribution < -0.4 is 19.3 Å². The van der Waals surface area contributed by atoms with Crippen molar-refractivity contribution >= 4 is 17.3 Å². The van der Waals surface area contributed by atoms with Crippen LogP contribution in [0.3, 0.4) is 0 Å². The van der Waals surface area contributed by atoms with Gasteiger partial charge in [-0.25, -0.2) is 0 Å². The number of unbranched alkanes of at least 4 members (excludes halogenated alkanes) is 1. The van der Waals surface area contributed by atoms with Crippen LogP contribution >= 0.6 is 11.6 Å². The normalized spacial score (nSPS) is 15.0. The maximum absolute atomic E-state index is 6.17. The summed E-state index contributed by atoms with van der Waals surface area (Å²) in [6.07, 6.45) is 2.23. The van der Waals surface area contributed by atoms with E-state index in [0.717, 1.165) is 37.6 Å². The number of ether oxygens (including phenoxy) is 2. The number of rotatable bonds is 8. The van der Waals surface area contributed by atoms with Crippen LogP contribution in [0.15, 0.2) is 42.5 Å². The van der Waals surface area contributed by atoms with Crippen LogP contribution in [0, 0.1) is 6.92 Å². The Labute approximate surface area is 167 Å². The zero-order valence-electron chi connectivity index (χ0n) is 16.3. The number of anilines is 1. The monoisotopic (exact) mass is 389 g/mol. The molecule has 0 radical (unpaired) electrons. The zero-order chi connectivity index (χ0) is 19.1. The first kappa shape index (κ1) is 19.8. The van der Waals surface area contributed by atoms with E-state index in [9.17, 15) is 0 Å². The van der Waals surface area contributed by atoms with Crippen molar-refractivity contribution in [2.24, 2.45) is 0 Å². The Morgan fingerprint density at radius 2 is 1.81 bits per heavy atom. The maximum Gasteiger partial charge on any atom is 0.142 e. The Hall–Kier alpha value is -1.91. The number of halogens is 1. The van der Waals surface area contributed by atoms with Gasteiger partial charge in [-0.1, -0.05) is 29.8 Å². The molecular weight excluding hydrogens is 360 g/mol. The largest absolute Gasteiger partial charge is 0.495 e. The fourth-order valence-electron chi connectivity index (χ4n) is 3.59. The molecule has 0 aromatic heterocycles. The average molecular weight is 390 g/mol.